The number of rotatable bonds is 7. The van der Waals surface area contributed by atoms with Gasteiger partial charge in [0.1, 0.15) is 5.75 Å². The van der Waals surface area contributed by atoms with Gasteiger partial charge in [0, 0.05) is 12.5 Å². The topological polar surface area (TPSA) is 60.2 Å². The first kappa shape index (κ1) is 15.5. The zero-order chi connectivity index (χ0) is 15.2. The van der Waals surface area contributed by atoms with Crippen molar-refractivity contribution >= 4 is 0 Å². The Morgan fingerprint density at radius 1 is 1.24 bits per heavy atom. The molecule has 0 aliphatic heterocycles. The second-order valence-electron chi connectivity index (χ2n) is 5.04. The van der Waals surface area contributed by atoms with E-state index in [1.807, 2.05) is 19.9 Å². The molecule has 1 aromatic heterocycles. The molecule has 2 aromatic rings. The summed E-state index contributed by atoms with van der Waals surface area (Å²) in [5.74, 6) is 2.00. The SMILES string of the molecule is CCNC(C)c1ccc(OCc2nnc(CC)o2)c(C)c1. The molecule has 0 fully saturated rings. The van der Waals surface area contributed by atoms with Gasteiger partial charge in [-0.2, -0.15) is 0 Å². The summed E-state index contributed by atoms with van der Waals surface area (Å²) < 4.78 is 11.2. The fourth-order valence-corrected chi connectivity index (χ4v) is 2.16. The highest BCUT2D eigenvalue weighted by Crippen LogP contribution is 2.23. The molecular weight excluding hydrogens is 266 g/mol. The van der Waals surface area contributed by atoms with Gasteiger partial charge in [0.15, 0.2) is 6.61 Å². The van der Waals surface area contributed by atoms with Gasteiger partial charge in [-0.1, -0.05) is 26.0 Å². The summed E-state index contributed by atoms with van der Waals surface area (Å²) in [6, 6.07) is 6.57. The van der Waals surface area contributed by atoms with Gasteiger partial charge < -0.3 is 14.5 Å². The van der Waals surface area contributed by atoms with Crippen LogP contribution in [0.4, 0.5) is 0 Å². The lowest BCUT2D eigenvalue weighted by Crippen LogP contribution is -2.17. The van der Waals surface area contributed by atoms with E-state index in [-0.39, 0.29) is 0 Å². The zero-order valence-electron chi connectivity index (χ0n) is 13.1. The molecule has 2 rings (SSSR count). The Bertz CT molecular complexity index is 581. The van der Waals surface area contributed by atoms with Gasteiger partial charge in [-0.15, -0.1) is 10.2 Å². The number of benzene rings is 1. The molecule has 0 aliphatic carbocycles. The Hall–Kier alpha value is -1.88. The Morgan fingerprint density at radius 3 is 2.62 bits per heavy atom. The zero-order valence-corrected chi connectivity index (χ0v) is 13.1. The van der Waals surface area contributed by atoms with Crippen molar-refractivity contribution in [3.05, 3.63) is 41.1 Å². The van der Waals surface area contributed by atoms with Crippen LogP contribution in [0.15, 0.2) is 22.6 Å². The number of hydrogen-bond acceptors (Lipinski definition) is 5. The summed E-state index contributed by atoms with van der Waals surface area (Å²) >= 11 is 0. The lowest BCUT2D eigenvalue weighted by molar-refractivity contribution is 0.257. The molecule has 5 nitrogen and oxygen atoms in total. The fraction of sp³-hybridized carbons (Fsp3) is 0.500. The van der Waals surface area contributed by atoms with Crippen molar-refractivity contribution in [1.29, 1.82) is 0 Å². The Kier molecular flexibility index (Phi) is 5.33. The monoisotopic (exact) mass is 289 g/mol. The molecule has 1 unspecified atom stereocenters. The Labute approximate surface area is 125 Å². The summed E-state index contributed by atoms with van der Waals surface area (Å²) in [4.78, 5) is 0. The second kappa shape index (κ2) is 7.22. The molecule has 5 heteroatoms. The highest BCUT2D eigenvalue weighted by molar-refractivity contribution is 5.37. The standard InChI is InChI=1S/C16H23N3O2/c1-5-15-18-19-16(21-15)10-20-14-8-7-13(9-11(14)3)12(4)17-6-2/h7-9,12,17H,5-6,10H2,1-4H3. The van der Waals surface area contributed by atoms with Gasteiger partial charge >= 0.3 is 0 Å². The first-order valence-corrected chi connectivity index (χ1v) is 7.42. The van der Waals surface area contributed by atoms with Crippen LogP contribution >= 0.6 is 0 Å². The van der Waals surface area contributed by atoms with E-state index in [9.17, 15) is 0 Å². The largest absolute Gasteiger partial charge is 0.484 e. The van der Waals surface area contributed by atoms with Gasteiger partial charge in [-0.05, 0) is 37.6 Å². The van der Waals surface area contributed by atoms with Crippen LogP contribution < -0.4 is 10.1 Å². The number of aromatic nitrogens is 2. The van der Waals surface area contributed by atoms with Crippen LogP contribution in [-0.2, 0) is 13.0 Å². The van der Waals surface area contributed by atoms with E-state index in [0.29, 0.717) is 24.4 Å². The summed E-state index contributed by atoms with van der Waals surface area (Å²) in [7, 11) is 0. The molecule has 0 aliphatic rings. The number of nitrogens with zero attached hydrogens (tertiary/aromatic N) is 2. The first-order chi connectivity index (χ1) is 10.1. The molecular formula is C16H23N3O2. The maximum atomic E-state index is 5.76. The predicted octanol–water partition coefficient (Wildman–Crippen LogP) is 3.19. The quantitative estimate of drug-likeness (QED) is 0.848. The highest BCUT2D eigenvalue weighted by Gasteiger charge is 2.09. The maximum absolute atomic E-state index is 5.76. The van der Waals surface area contributed by atoms with E-state index < -0.39 is 0 Å². The highest BCUT2D eigenvalue weighted by atomic mass is 16.5. The van der Waals surface area contributed by atoms with Crippen molar-refractivity contribution in [2.75, 3.05) is 6.54 Å². The van der Waals surface area contributed by atoms with Crippen molar-refractivity contribution in [3.8, 4) is 5.75 Å². The summed E-state index contributed by atoms with van der Waals surface area (Å²) in [6.45, 7) is 9.54. The summed E-state index contributed by atoms with van der Waals surface area (Å²) in [5.41, 5.74) is 2.36. The van der Waals surface area contributed by atoms with Crippen molar-refractivity contribution < 1.29 is 9.15 Å². The molecule has 0 radical (unpaired) electrons. The molecule has 1 aromatic carbocycles. The molecule has 0 saturated heterocycles. The van der Waals surface area contributed by atoms with Gasteiger partial charge in [0.05, 0.1) is 0 Å². The molecule has 21 heavy (non-hydrogen) atoms. The minimum atomic E-state index is 0.302. The third-order valence-corrected chi connectivity index (χ3v) is 3.37. The lowest BCUT2D eigenvalue weighted by Gasteiger charge is -2.15. The van der Waals surface area contributed by atoms with E-state index in [2.05, 4.69) is 41.5 Å². The van der Waals surface area contributed by atoms with Crippen molar-refractivity contribution in [2.24, 2.45) is 0 Å². The van der Waals surface area contributed by atoms with Crippen LogP contribution in [0.5, 0.6) is 5.75 Å². The molecule has 1 heterocycles. The maximum Gasteiger partial charge on any atom is 0.253 e. The first-order valence-electron chi connectivity index (χ1n) is 7.42. The average Bonchev–Trinajstić information content (AvgIpc) is 2.94. The van der Waals surface area contributed by atoms with Crippen LogP contribution in [0, 0.1) is 6.92 Å². The van der Waals surface area contributed by atoms with E-state index >= 15 is 0 Å². The minimum absolute atomic E-state index is 0.302. The van der Waals surface area contributed by atoms with E-state index in [0.717, 1.165) is 24.3 Å². The number of aryl methyl sites for hydroxylation is 2. The molecule has 1 N–H and O–H groups in total. The van der Waals surface area contributed by atoms with Crippen molar-refractivity contribution in [1.82, 2.24) is 15.5 Å². The third kappa shape index (κ3) is 4.04. The molecule has 0 bridgehead atoms. The van der Waals surface area contributed by atoms with Crippen LogP contribution in [-0.4, -0.2) is 16.7 Å². The minimum Gasteiger partial charge on any atom is -0.484 e. The van der Waals surface area contributed by atoms with Crippen LogP contribution in [0.2, 0.25) is 0 Å². The summed E-state index contributed by atoms with van der Waals surface area (Å²) in [5, 5.41) is 11.3. The number of hydrogen-bond donors (Lipinski definition) is 1. The normalized spacial score (nSPS) is 12.4. The Morgan fingerprint density at radius 2 is 2.00 bits per heavy atom. The molecule has 0 amide bonds. The second-order valence-corrected chi connectivity index (χ2v) is 5.04. The average molecular weight is 289 g/mol. The van der Waals surface area contributed by atoms with Crippen molar-refractivity contribution in [3.63, 3.8) is 0 Å². The van der Waals surface area contributed by atoms with Crippen molar-refractivity contribution in [2.45, 2.75) is 46.8 Å². The summed E-state index contributed by atoms with van der Waals surface area (Å²) in [6.07, 6.45) is 0.739. The van der Waals surface area contributed by atoms with Crippen LogP contribution in [0.3, 0.4) is 0 Å². The molecule has 0 saturated carbocycles. The van der Waals surface area contributed by atoms with E-state index in [1.54, 1.807) is 0 Å². The lowest BCUT2D eigenvalue weighted by atomic mass is 10.1. The van der Waals surface area contributed by atoms with Crippen LogP contribution in [0.1, 0.15) is 49.7 Å². The van der Waals surface area contributed by atoms with Gasteiger partial charge in [0.25, 0.3) is 5.89 Å². The van der Waals surface area contributed by atoms with E-state index in [4.69, 9.17) is 9.15 Å². The number of ether oxygens (including phenoxy) is 1. The molecule has 1 atom stereocenters. The van der Waals surface area contributed by atoms with Gasteiger partial charge in [-0.25, -0.2) is 0 Å². The van der Waals surface area contributed by atoms with Gasteiger partial charge in [-0.3, -0.25) is 0 Å². The molecule has 114 valence electrons. The number of nitrogens with one attached hydrogen (secondary N) is 1. The Balaban J connectivity index is 2.00. The fourth-order valence-electron chi connectivity index (χ4n) is 2.16. The predicted molar refractivity (Wildman–Crippen MR) is 81.3 cm³/mol. The smallest absolute Gasteiger partial charge is 0.253 e. The third-order valence-electron chi connectivity index (χ3n) is 3.37. The van der Waals surface area contributed by atoms with Gasteiger partial charge in [0.2, 0.25) is 5.89 Å². The molecule has 0 spiro atoms. The van der Waals surface area contributed by atoms with Crippen LogP contribution in [0.25, 0.3) is 0 Å². The van der Waals surface area contributed by atoms with E-state index in [1.165, 1.54) is 5.56 Å².